The molecule has 0 fully saturated rings. The number of rotatable bonds is 9. The number of anilines is 1. The first kappa shape index (κ1) is 19.8. The maximum absolute atomic E-state index is 12.1. The second-order valence-electron chi connectivity index (χ2n) is 4.98. The second kappa shape index (κ2) is 10.4. The van der Waals surface area contributed by atoms with E-state index in [1.165, 1.54) is 0 Å². The smallest absolute Gasteiger partial charge is 0.262 e. The van der Waals surface area contributed by atoms with Crippen LogP contribution in [0.15, 0.2) is 51.4 Å². The van der Waals surface area contributed by atoms with E-state index in [1.54, 1.807) is 18.2 Å². The van der Waals surface area contributed by atoms with Gasteiger partial charge in [0, 0.05) is 22.8 Å². The first-order valence-corrected chi connectivity index (χ1v) is 9.35. The van der Waals surface area contributed by atoms with Crippen LogP contribution in [-0.2, 0) is 9.53 Å². The van der Waals surface area contributed by atoms with Gasteiger partial charge >= 0.3 is 0 Å². The minimum absolute atomic E-state index is 0.0876. The molecule has 0 bridgehead atoms. The van der Waals surface area contributed by atoms with E-state index < -0.39 is 0 Å². The number of ether oxygens (including phenoxy) is 3. The van der Waals surface area contributed by atoms with Gasteiger partial charge in [0.15, 0.2) is 6.61 Å². The molecule has 0 saturated carbocycles. The number of carbonyl (C=O) groups excluding carboxylic acids is 1. The summed E-state index contributed by atoms with van der Waals surface area (Å²) in [4.78, 5) is 12.1. The third-order valence-electron chi connectivity index (χ3n) is 3.07. The SMILES string of the molecule is CCOCCOc1cccc(NC(=O)COc2ccc(Br)cc2Br)c1. The normalized spacial score (nSPS) is 10.4. The van der Waals surface area contributed by atoms with Crippen LogP contribution in [0.3, 0.4) is 0 Å². The highest BCUT2D eigenvalue weighted by Gasteiger charge is 2.07. The molecule has 25 heavy (non-hydrogen) atoms. The first-order valence-electron chi connectivity index (χ1n) is 7.77. The molecule has 0 aliphatic carbocycles. The van der Waals surface area contributed by atoms with Crippen LogP contribution in [0.1, 0.15) is 6.92 Å². The quantitative estimate of drug-likeness (QED) is 0.540. The van der Waals surface area contributed by atoms with Crippen LogP contribution in [0.25, 0.3) is 0 Å². The highest BCUT2D eigenvalue weighted by atomic mass is 79.9. The number of amides is 1. The van der Waals surface area contributed by atoms with Crippen LogP contribution < -0.4 is 14.8 Å². The molecule has 0 radical (unpaired) electrons. The van der Waals surface area contributed by atoms with E-state index in [4.69, 9.17) is 14.2 Å². The average molecular weight is 473 g/mol. The van der Waals surface area contributed by atoms with Crippen LogP contribution in [0.5, 0.6) is 11.5 Å². The zero-order chi connectivity index (χ0) is 18.1. The Morgan fingerprint density at radius 2 is 1.92 bits per heavy atom. The van der Waals surface area contributed by atoms with Gasteiger partial charge in [-0.1, -0.05) is 22.0 Å². The zero-order valence-corrected chi connectivity index (χ0v) is 16.9. The number of halogens is 2. The van der Waals surface area contributed by atoms with Crippen molar-refractivity contribution in [3.8, 4) is 11.5 Å². The highest BCUT2D eigenvalue weighted by molar-refractivity contribution is 9.11. The van der Waals surface area contributed by atoms with Gasteiger partial charge in [0.1, 0.15) is 18.1 Å². The van der Waals surface area contributed by atoms with Gasteiger partial charge in [0.25, 0.3) is 5.91 Å². The molecular formula is C18H19Br2NO4. The summed E-state index contributed by atoms with van der Waals surface area (Å²) in [5.74, 6) is 1.03. The van der Waals surface area contributed by atoms with Crippen molar-refractivity contribution in [1.29, 1.82) is 0 Å². The molecule has 0 aromatic heterocycles. The van der Waals surface area contributed by atoms with Crippen molar-refractivity contribution in [3.63, 3.8) is 0 Å². The Kier molecular flexibility index (Phi) is 8.24. The van der Waals surface area contributed by atoms with Crippen molar-refractivity contribution in [2.45, 2.75) is 6.92 Å². The lowest BCUT2D eigenvalue weighted by Crippen LogP contribution is -2.20. The number of nitrogens with one attached hydrogen (secondary N) is 1. The summed E-state index contributed by atoms with van der Waals surface area (Å²) in [5, 5.41) is 2.79. The molecule has 7 heteroatoms. The Labute approximate surface area is 163 Å². The van der Waals surface area contributed by atoms with E-state index in [-0.39, 0.29) is 12.5 Å². The fourth-order valence-electron chi connectivity index (χ4n) is 1.96. The molecule has 0 heterocycles. The standard InChI is InChI=1S/C18H19Br2NO4/c1-2-23-8-9-24-15-5-3-4-14(11-15)21-18(22)12-25-17-7-6-13(19)10-16(17)20/h3-7,10-11H,2,8-9,12H2,1H3,(H,21,22). The van der Waals surface area contributed by atoms with Gasteiger partial charge in [0.2, 0.25) is 0 Å². The molecule has 2 aromatic carbocycles. The Bertz CT molecular complexity index is 709. The summed E-state index contributed by atoms with van der Waals surface area (Å²) in [6.07, 6.45) is 0. The second-order valence-corrected chi connectivity index (χ2v) is 6.75. The molecular weight excluding hydrogens is 454 g/mol. The topological polar surface area (TPSA) is 56.8 Å². The van der Waals surface area contributed by atoms with E-state index in [1.807, 2.05) is 31.2 Å². The van der Waals surface area contributed by atoms with Gasteiger partial charge in [-0.3, -0.25) is 4.79 Å². The maximum Gasteiger partial charge on any atom is 0.262 e. The molecule has 1 amide bonds. The molecule has 0 aliphatic heterocycles. The number of hydrogen-bond donors (Lipinski definition) is 1. The summed E-state index contributed by atoms with van der Waals surface area (Å²) >= 11 is 6.76. The van der Waals surface area contributed by atoms with Crippen LogP contribution in [0, 0.1) is 0 Å². The molecule has 0 spiro atoms. The lowest BCUT2D eigenvalue weighted by atomic mass is 10.3. The molecule has 0 aliphatic rings. The third-order valence-corrected chi connectivity index (χ3v) is 4.18. The van der Waals surface area contributed by atoms with Crippen molar-refractivity contribution < 1.29 is 19.0 Å². The monoisotopic (exact) mass is 471 g/mol. The van der Waals surface area contributed by atoms with Crippen molar-refractivity contribution in [2.75, 3.05) is 31.7 Å². The van der Waals surface area contributed by atoms with E-state index in [2.05, 4.69) is 37.2 Å². The summed E-state index contributed by atoms with van der Waals surface area (Å²) in [7, 11) is 0. The van der Waals surface area contributed by atoms with Gasteiger partial charge in [-0.2, -0.15) is 0 Å². The number of carbonyl (C=O) groups is 1. The predicted molar refractivity (Wildman–Crippen MR) is 104 cm³/mol. The number of hydrogen-bond acceptors (Lipinski definition) is 4. The zero-order valence-electron chi connectivity index (χ0n) is 13.8. The summed E-state index contributed by atoms with van der Waals surface area (Å²) in [6, 6.07) is 12.7. The van der Waals surface area contributed by atoms with Gasteiger partial charge in [-0.05, 0) is 53.2 Å². The molecule has 2 aromatic rings. The largest absolute Gasteiger partial charge is 0.491 e. The van der Waals surface area contributed by atoms with E-state index in [0.29, 0.717) is 37.0 Å². The van der Waals surface area contributed by atoms with E-state index in [9.17, 15) is 4.79 Å². The lowest BCUT2D eigenvalue weighted by molar-refractivity contribution is -0.118. The number of benzene rings is 2. The molecule has 2 rings (SSSR count). The Morgan fingerprint density at radius 1 is 1.08 bits per heavy atom. The van der Waals surface area contributed by atoms with Gasteiger partial charge in [0.05, 0.1) is 11.1 Å². The van der Waals surface area contributed by atoms with Gasteiger partial charge < -0.3 is 19.5 Å². The summed E-state index contributed by atoms with van der Waals surface area (Å²) in [5.41, 5.74) is 0.650. The summed E-state index contributed by atoms with van der Waals surface area (Å²) < 4.78 is 18.0. The van der Waals surface area contributed by atoms with Crippen molar-refractivity contribution in [2.24, 2.45) is 0 Å². The van der Waals surface area contributed by atoms with Crippen LogP contribution in [0.2, 0.25) is 0 Å². The molecule has 1 N–H and O–H groups in total. The maximum atomic E-state index is 12.1. The third kappa shape index (κ3) is 7.05. The molecule has 0 unspecified atom stereocenters. The van der Waals surface area contributed by atoms with Crippen molar-refractivity contribution >= 4 is 43.5 Å². The Hall–Kier alpha value is -1.57. The molecule has 134 valence electrons. The van der Waals surface area contributed by atoms with Crippen LogP contribution >= 0.6 is 31.9 Å². The minimum atomic E-state index is -0.249. The van der Waals surface area contributed by atoms with Crippen LogP contribution in [0.4, 0.5) is 5.69 Å². The van der Waals surface area contributed by atoms with Crippen LogP contribution in [-0.4, -0.2) is 32.3 Å². The Balaban J connectivity index is 1.83. The van der Waals surface area contributed by atoms with E-state index >= 15 is 0 Å². The Morgan fingerprint density at radius 3 is 2.68 bits per heavy atom. The predicted octanol–water partition coefficient (Wildman–Crippen LogP) is 4.64. The fraction of sp³-hybridized carbons (Fsp3) is 0.278. The summed E-state index contributed by atoms with van der Waals surface area (Å²) in [6.45, 7) is 3.50. The fourth-order valence-corrected chi connectivity index (χ4v) is 3.12. The molecule has 5 nitrogen and oxygen atoms in total. The highest BCUT2D eigenvalue weighted by Crippen LogP contribution is 2.28. The molecule has 0 saturated heterocycles. The van der Waals surface area contributed by atoms with Crippen molar-refractivity contribution in [3.05, 3.63) is 51.4 Å². The first-order chi connectivity index (χ1) is 12.1. The average Bonchev–Trinajstić information content (AvgIpc) is 2.58. The lowest BCUT2D eigenvalue weighted by Gasteiger charge is -2.11. The van der Waals surface area contributed by atoms with Gasteiger partial charge in [-0.15, -0.1) is 0 Å². The minimum Gasteiger partial charge on any atom is -0.491 e. The molecule has 0 atom stereocenters. The van der Waals surface area contributed by atoms with Crippen molar-refractivity contribution in [1.82, 2.24) is 0 Å². The van der Waals surface area contributed by atoms with E-state index in [0.717, 1.165) is 8.95 Å². The van der Waals surface area contributed by atoms with Gasteiger partial charge in [-0.25, -0.2) is 0 Å².